The fraction of sp³-hybridized carbons (Fsp3) is 0.600. The van der Waals surface area contributed by atoms with E-state index in [4.69, 9.17) is 0 Å². The Labute approximate surface area is 155 Å². The Kier molecular flexibility index (Phi) is 22.6. The van der Waals surface area contributed by atoms with Crippen LogP contribution in [0.25, 0.3) is 0 Å². The molecular weight excluding hydrogens is 347 g/mol. The molecule has 0 aliphatic rings. The molecule has 1 aromatic heterocycles. The van der Waals surface area contributed by atoms with Gasteiger partial charge in [-0.15, -0.1) is 0 Å². The topological polar surface area (TPSA) is 12.9 Å². The maximum atomic E-state index is 4.25. The summed E-state index contributed by atoms with van der Waals surface area (Å²) in [6, 6.07) is 6.83. The van der Waals surface area contributed by atoms with E-state index >= 15 is 0 Å². The van der Waals surface area contributed by atoms with E-state index in [-0.39, 0.29) is 55.7 Å². The largest absolute Gasteiger partial charge is 2.00 e. The molecular formula is C15H25NV3. The third-order valence-corrected chi connectivity index (χ3v) is 1.79. The molecule has 4 heteroatoms. The Balaban J connectivity index is -0.000000144. The Hall–Kier alpha value is 0.903. The van der Waals surface area contributed by atoms with E-state index in [9.17, 15) is 0 Å². The third-order valence-electron chi connectivity index (χ3n) is 1.79. The van der Waals surface area contributed by atoms with Gasteiger partial charge in [0.1, 0.15) is 0 Å². The van der Waals surface area contributed by atoms with Crippen molar-refractivity contribution >= 4 is 0 Å². The Bertz CT molecular complexity index is 266. The standard InChI is InChI=1S/C11H16N.C4H9.3V/c1-11(2,3)8-7-10-6-4-5-9-12-10;1-4(2)3;;;/h5-6,9H,7-8H2,1-3H3;1-3H3;;;/q2*-1;;;+2. The van der Waals surface area contributed by atoms with E-state index in [1.165, 1.54) is 12.3 Å². The zero-order chi connectivity index (χ0) is 12.6. The minimum atomic E-state index is 0. The molecule has 0 aromatic carbocycles. The third kappa shape index (κ3) is 24.3. The molecule has 0 aliphatic heterocycles. The molecule has 1 heterocycles. The van der Waals surface area contributed by atoms with Crippen LogP contribution >= 0.6 is 0 Å². The number of hydrogen-bond acceptors (Lipinski definition) is 1. The van der Waals surface area contributed by atoms with Gasteiger partial charge in [-0.25, -0.2) is 0 Å². The van der Waals surface area contributed by atoms with Gasteiger partial charge in [0, 0.05) is 37.1 Å². The number of aryl methyl sites for hydroxylation is 1. The average Bonchev–Trinajstić information content (AvgIpc) is 2.14. The van der Waals surface area contributed by atoms with Gasteiger partial charge in [-0.05, 0) is 5.41 Å². The quantitative estimate of drug-likeness (QED) is 0.698. The first kappa shape index (κ1) is 28.1. The molecule has 0 aliphatic carbocycles. The molecule has 0 spiro atoms. The fourth-order valence-corrected chi connectivity index (χ4v) is 0.997. The monoisotopic (exact) mass is 372 g/mol. The van der Waals surface area contributed by atoms with Crippen molar-refractivity contribution in [1.82, 2.24) is 4.98 Å². The molecule has 0 fully saturated rings. The van der Waals surface area contributed by atoms with Gasteiger partial charge in [0.2, 0.25) is 0 Å². The predicted molar refractivity (Wildman–Crippen MR) is 71.1 cm³/mol. The van der Waals surface area contributed by atoms with Gasteiger partial charge >= 0.3 is 18.6 Å². The molecule has 0 unspecified atom stereocenters. The molecule has 105 valence electrons. The summed E-state index contributed by atoms with van der Waals surface area (Å²) in [6.07, 6.45) is 4.04. The van der Waals surface area contributed by atoms with Crippen LogP contribution in [0, 0.1) is 17.4 Å². The maximum Gasteiger partial charge on any atom is 2.00 e. The van der Waals surface area contributed by atoms with Crippen molar-refractivity contribution in [2.24, 2.45) is 5.41 Å². The summed E-state index contributed by atoms with van der Waals surface area (Å²) in [5.74, 6) is 1.42. The summed E-state index contributed by atoms with van der Waals surface area (Å²) in [7, 11) is 0. The van der Waals surface area contributed by atoms with Crippen molar-refractivity contribution < 1.29 is 55.7 Å². The van der Waals surface area contributed by atoms with Crippen LogP contribution in [-0.2, 0) is 62.1 Å². The summed E-state index contributed by atoms with van der Waals surface area (Å²) in [5.41, 5.74) is 1.55. The van der Waals surface area contributed by atoms with E-state index in [0.29, 0.717) is 5.41 Å². The van der Waals surface area contributed by atoms with Gasteiger partial charge in [0.05, 0.1) is 0 Å². The maximum absolute atomic E-state index is 4.25. The van der Waals surface area contributed by atoms with Crippen LogP contribution < -0.4 is 0 Å². The Morgan fingerprint density at radius 1 is 1.16 bits per heavy atom. The summed E-state index contributed by atoms with van der Waals surface area (Å²) in [4.78, 5) is 4.25. The molecule has 0 bridgehead atoms. The van der Waals surface area contributed by atoms with E-state index in [0.717, 1.165) is 12.1 Å². The van der Waals surface area contributed by atoms with E-state index < -0.39 is 0 Å². The molecule has 0 amide bonds. The molecule has 0 N–H and O–H groups in total. The van der Waals surface area contributed by atoms with Crippen molar-refractivity contribution in [3.05, 3.63) is 36.0 Å². The fourth-order valence-electron chi connectivity index (χ4n) is 0.997. The predicted octanol–water partition coefficient (Wildman–Crippen LogP) is 4.47. The number of nitrogens with zero attached hydrogens (tertiary/aromatic N) is 1. The smallest absolute Gasteiger partial charge is 0.388 e. The second kappa shape index (κ2) is 15.3. The van der Waals surface area contributed by atoms with Crippen LogP contribution in [-0.4, -0.2) is 4.98 Å². The molecule has 0 atom stereocenters. The first-order valence-corrected chi connectivity index (χ1v) is 5.89. The molecule has 19 heavy (non-hydrogen) atoms. The number of rotatable bonds is 2. The van der Waals surface area contributed by atoms with Gasteiger partial charge in [-0.3, -0.25) is 0 Å². The number of hydrogen-bond donors (Lipinski definition) is 0. The van der Waals surface area contributed by atoms with Gasteiger partial charge in [-0.2, -0.15) is 39.0 Å². The van der Waals surface area contributed by atoms with E-state index in [1.54, 1.807) is 6.20 Å². The van der Waals surface area contributed by atoms with Gasteiger partial charge in [0.25, 0.3) is 0 Å². The Morgan fingerprint density at radius 3 is 1.95 bits per heavy atom. The Morgan fingerprint density at radius 2 is 1.63 bits per heavy atom. The zero-order valence-corrected chi connectivity index (χ0v) is 17.1. The van der Waals surface area contributed by atoms with Crippen LogP contribution in [0.2, 0.25) is 0 Å². The SMILES string of the molecule is CC(C)(C)CCc1c[c-]ccn1.C[C-](C)C.[V+2].[V].[V]. The first-order valence-electron chi connectivity index (χ1n) is 5.89. The second-order valence-corrected chi connectivity index (χ2v) is 5.81. The van der Waals surface area contributed by atoms with Gasteiger partial charge in [0.15, 0.2) is 0 Å². The number of pyridine rings is 1. The molecule has 1 rings (SSSR count). The second-order valence-electron chi connectivity index (χ2n) is 5.81. The first-order chi connectivity index (χ1) is 7.31. The minimum absolute atomic E-state index is 0. The summed E-state index contributed by atoms with van der Waals surface area (Å²) in [5, 5.41) is 0. The van der Waals surface area contributed by atoms with Crippen LogP contribution in [0.4, 0.5) is 0 Å². The van der Waals surface area contributed by atoms with E-state index in [2.05, 4.69) is 52.6 Å². The van der Waals surface area contributed by atoms with Crippen LogP contribution in [0.1, 0.15) is 53.7 Å². The number of aromatic nitrogens is 1. The minimum Gasteiger partial charge on any atom is -0.388 e. The summed E-state index contributed by atoms with van der Waals surface area (Å²) < 4.78 is 0. The summed E-state index contributed by atoms with van der Waals surface area (Å²) >= 11 is 0. The normalized spacial score (nSPS) is 9.21. The molecule has 0 saturated carbocycles. The average molecular weight is 372 g/mol. The van der Waals surface area contributed by atoms with E-state index in [1.807, 2.05) is 12.1 Å². The van der Waals surface area contributed by atoms with Crippen LogP contribution in [0.5, 0.6) is 0 Å². The van der Waals surface area contributed by atoms with Gasteiger partial charge in [-0.1, -0.05) is 45.5 Å². The van der Waals surface area contributed by atoms with Crippen LogP contribution in [0.15, 0.2) is 18.3 Å². The summed E-state index contributed by atoms with van der Waals surface area (Å²) in [6.45, 7) is 13.0. The van der Waals surface area contributed by atoms with Crippen molar-refractivity contribution in [2.45, 2.75) is 54.4 Å². The molecule has 3 radical (unpaired) electrons. The van der Waals surface area contributed by atoms with Gasteiger partial charge < -0.3 is 10.9 Å². The van der Waals surface area contributed by atoms with Crippen molar-refractivity contribution in [3.8, 4) is 0 Å². The molecule has 1 aromatic rings. The molecule has 1 nitrogen and oxygen atoms in total. The van der Waals surface area contributed by atoms with Crippen molar-refractivity contribution in [3.63, 3.8) is 0 Å². The zero-order valence-electron chi connectivity index (χ0n) is 12.9. The van der Waals surface area contributed by atoms with Crippen LogP contribution in [0.3, 0.4) is 0 Å². The van der Waals surface area contributed by atoms with Crippen molar-refractivity contribution in [1.29, 1.82) is 0 Å². The van der Waals surface area contributed by atoms with Crippen molar-refractivity contribution in [2.75, 3.05) is 0 Å². The molecule has 0 saturated heterocycles.